The molecule has 0 fully saturated rings. The van der Waals surface area contributed by atoms with Gasteiger partial charge in [0.15, 0.2) is 0 Å². The first-order valence-corrected chi connectivity index (χ1v) is 5.23. The minimum absolute atomic E-state index is 0.0864. The lowest BCUT2D eigenvalue weighted by molar-refractivity contribution is -0.137. The Labute approximate surface area is 99.6 Å². The molecule has 0 aliphatic rings. The second kappa shape index (κ2) is 6.52. The first kappa shape index (κ1) is 13.0. The van der Waals surface area contributed by atoms with E-state index in [0.717, 1.165) is 5.56 Å². The minimum Gasteiger partial charge on any atom is -0.481 e. The van der Waals surface area contributed by atoms with Crippen LogP contribution in [0.1, 0.15) is 12.0 Å². The third-order valence-electron chi connectivity index (χ3n) is 2.18. The second-order valence-corrected chi connectivity index (χ2v) is 3.61. The molecule has 5 heteroatoms. The summed E-state index contributed by atoms with van der Waals surface area (Å²) in [5.74, 6) is -0.937. The molecule has 0 saturated heterocycles. The maximum absolute atomic E-state index is 11.4. The molecule has 0 radical (unpaired) electrons. The van der Waals surface area contributed by atoms with Gasteiger partial charge in [-0.05, 0) is 5.56 Å². The van der Waals surface area contributed by atoms with Crippen LogP contribution in [-0.2, 0) is 16.1 Å². The van der Waals surface area contributed by atoms with Gasteiger partial charge in [-0.15, -0.1) is 0 Å². The molecule has 5 nitrogen and oxygen atoms in total. The molecule has 0 atom stereocenters. The Hall–Kier alpha value is -2.04. The molecule has 0 unspecified atom stereocenters. The molecular formula is C12H15NO4. The standard InChI is InChI=1S/C12H15NO4/c1-13(8-7-11(14)15)12(16)17-9-10-5-3-2-4-6-10/h2-6H,7-9H2,1H3,(H,14,15). The maximum Gasteiger partial charge on any atom is 0.409 e. The number of carbonyl (C=O) groups is 2. The van der Waals surface area contributed by atoms with Gasteiger partial charge in [0.05, 0.1) is 6.42 Å². The fourth-order valence-electron chi connectivity index (χ4n) is 1.18. The van der Waals surface area contributed by atoms with Gasteiger partial charge >= 0.3 is 12.1 Å². The monoisotopic (exact) mass is 237 g/mol. The molecule has 92 valence electrons. The Balaban J connectivity index is 2.32. The van der Waals surface area contributed by atoms with E-state index in [2.05, 4.69) is 0 Å². The molecule has 17 heavy (non-hydrogen) atoms. The van der Waals surface area contributed by atoms with Gasteiger partial charge < -0.3 is 14.7 Å². The minimum atomic E-state index is -0.937. The largest absolute Gasteiger partial charge is 0.481 e. The number of benzene rings is 1. The fourth-order valence-corrected chi connectivity index (χ4v) is 1.18. The van der Waals surface area contributed by atoms with Crippen molar-refractivity contribution in [3.05, 3.63) is 35.9 Å². The van der Waals surface area contributed by atoms with Crippen molar-refractivity contribution in [2.75, 3.05) is 13.6 Å². The zero-order valence-corrected chi connectivity index (χ0v) is 9.63. The number of carboxylic acids is 1. The Morgan fingerprint density at radius 2 is 1.94 bits per heavy atom. The molecule has 0 saturated carbocycles. The summed E-state index contributed by atoms with van der Waals surface area (Å²) < 4.78 is 5.02. The summed E-state index contributed by atoms with van der Waals surface area (Å²) in [6.07, 6.45) is -0.605. The van der Waals surface area contributed by atoms with Crippen LogP contribution < -0.4 is 0 Å². The van der Waals surface area contributed by atoms with E-state index in [1.165, 1.54) is 11.9 Å². The zero-order chi connectivity index (χ0) is 12.7. The van der Waals surface area contributed by atoms with E-state index in [1.54, 1.807) is 0 Å². The Kier molecular flexibility index (Phi) is 5.00. The molecule has 1 aromatic carbocycles. The van der Waals surface area contributed by atoms with Gasteiger partial charge in [0.1, 0.15) is 6.61 Å². The number of rotatable bonds is 5. The second-order valence-electron chi connectivity index (χ2n) is 3.61. The summed E-state index contributed by atoms with van der Waals surface area (Å²) >= 11 is 0. The molecule has 0 spiro atoms. The Morgan fingerprint density at radius 1 is 1.29 bits per heavy atom. The number of hydrogen-bond donors (Lipinski definition) is 1. The van der Waals surface area contributed by atoms with E-state index in [4.69, 9.17) is 9.84 Å². The Bertz CT molecular complexity index is 377. The van der Waals surface area contributed by atoms with E-state index in [-0.39, 0.29) is 19.6 Å². The van der Waals surface area contributed by atoms with Crippen LogP contribution in [0.2, 0.25) is 0 Å². The third kappa shape index (κ3) is 5.01. The molecule has 0 aliphatic carbocycles. The number of nitrogens with zero attached hydrogens (tertiary/aromatic N) is 1. The molecule has 0 bridgehead atoms. The van der Waals surface area contributed by atoms with Crippen LogP contribution in [0.15, 0.2) is 30.3 Å². The van der Waals surface area contributed by atoms with Crippen molar-refractivity contribution in [1.29, 1.82) is 0 Å². The lowest BCUT2D eigenvalue weighted by Gasteiger charge is -2.15. The number of aliphatic carboxylic acids is 1. The van der Waals surface area contributed by atoms with E-state index < -0.39 is 12.1 Å². The first-order chi connectivity index (χ1) is 8.09. The quantitative estimate of drug-likeness (QED) is 0.846. The van der Waals surface area contributed by atoms with Crippen molar-refractivity contribution in [2.24, 2.45) is 0 Å². The molecule has 0 aromatic heterocycles. The van der Waals surface area contributed by atoms with Gasteiger partial charge in [-0.25, -0.2) is 4.79 Å². The van der Waals surface area contributed by atoms with Gasteiger partial charge in [-0.1, -0.05) is 30.3 Å². The highest BCUT2D eigenvalue weighted by atomic mass is 16.6. The maximum atomic E-state index is 11.4. The van der Waals surface area contributed by atoms with E-state index in [0.29, 0.717) is 0 Å². The highest BCUT2D eigenvalue weighted by molar-refractivity contribution is 5.70. The van der Waals surface area contributed by atoms with Crippen LogP contribution in [0.4, 0.5) is 4.79 Å². The van der Waals surface area contributed by atoms with Crippen molar-refractivity contribution in [3.63, 3.8) is 0 Å². The van der Waals surface area contributed by atoms with Gasteiger partial charge in [0.2, 0.25) is 0 Å². The summed E-state index contributed by atoms with van der Waals surface area (Å²) in [5.41, 5.74) is 0.896. The highest BCUT2D eigenvalue weighted by Crippen LogP contribution is 2.02. The van der Waals surface area contributed by atoms with Gasteiger partial charge in [0.25, 0.3) is 0 Å². The molecule has 1 N–H and O–H groups in total. The van der Waals surface area contributed by atoms with Crippen molar-refractivity contribution in [1.82, 2.24) is 4.90 Å². The summed E-state index contributed by atoms with van der Waals surface area (Å²) in [7, 11) is 1.51. The van der Waals surface area contributed by atoms with Crippen LogP contribution >= 0.6 is 0 Å². The number of hydrogen-bond acceptors (Lipinski definition) is 3. The average Bonchev–Trinajstić information content (AvgIpc) is 2.34. The fraction of sp³-hybridized carbons (Fsp3) is 0.333. The first-order valence-electron chi connectivity index (χ1n) is 5.23. The highest BCUT2D eigenvalue weighted by Gasteiger charge is 2.11. The van der Waals surface area contributed by atoms with Crippen LogP contribution in [0, 0.1) is 0 Å². The molecule has 1 aromatic rings. The van der Waals surface area contributed by atoms with Crippen LogP contribution in [0.5, 0.6) is 0 Å². The summed E-state index contributed by atoms with van der Waals surface area (Å²) in [4.78, 5) is 23.0. The van der Waals surface area contributed by atoms with Crippen LogP contribution in [-0.4, -0.2) is 35.7 Å². The average molecular weight is 237 g/mol. The SMILES string of the molecule is CN(CCC(=O)O)C(=O)OCc1ccccc1. The lowest BCUT2D eigenvalue weighted by Crippen LogP contribution is -2.29. The van der Waals surface area contributed by atoms with E-state index in [1.807, 2.05) is 30.3 Å². The van der Waals surface area contributed by atoms with Crippen molar-refractivity contribution >= 4 is 12.1 Å². The molecule has 0 aliphatic heterocycles. The van der Waals surface area contributed by atoms with E-state index >= 15 is 0 Å². The Morgan fingerprint density at radius 3 is 2.53 bits per heavy atom. The van der Waals surface area contributed by atoms with Gasteiger partial charge in [0, 0.05) is 13.6 Å². The van der Waals surface area contributed by atoms with Crippen molar-refractivity contribution in [2.45, 2.75) is 13.0 Å². The molecular weight excluding hydrogens is 222 g/mol. The molecule has 1 rings (SSSR count). The smallest absolute Gasteiger partial charge is 0.409 e. The number of carbonyl (C=O) groups excluding carboxylic acids is 1. The van der Waals surface area contributed by atoms with E-state index in [9.17, 15) is 9.59 Å². The summed E-state index contributed by atoms with van der Waals surface area (Å²) in [5, 5.41) is 8.47. The number of carboxylic acid groups (broad SMARTS) is 1. The zero-order valence-electron chi connectivity index (χ0n) is 9.63. The number of ether oxygens (including phenoxy) is 1. The molecule has 0 heterocycles. The summed E-state index contributed by atoms with van der Waals surface area (Å²) in [6.45, 7) is 0.333. The van der Waals surface area contributed by atoms with Crippen molar-refractivity contribution in [3.8, 4) is 0 Å². The van der Waals surface area contributed by atoms with Gasteiger partial charge in [-0.3, -0.25) is 4.79 Å². The van der Waals surface area contributed by atoms with Gasteiger partial charge in [-0.2, -0.15) is 0 Å². The lowest BCUT2D eigenvalue weighted by atomic mass is 10.2. The predicted octanol–water partition coefficient (Wildman–Crippen LogP) is 1.73. The van der Waals surface area contributed by atoms with Crippen LogP contribution in [0.25, 0.3) is 0 Å². The normalized spacial score (nSPS) is 9.71. The molecule has 1 amide bonds. The summed E-state index contributed by atoms with van der Waals surface area (Å²) in [6, 6.07) is 9.30. The predicted molar refractivity (Wildman–Crippen MR) is 61.5 cm³/mol. The topological polar surface area (TPSA) is 66.8 Å². The third-order valence-corrected chi connectivity index (χ3v) is 2.18. The van der Waals surface area contributed by atoms with Crippen LogP contribution in [0.3, 0.4) is 0 Å². The number of amides is 1. The van der Waals surface area contributed by atoms with Crippen molar-refractivity contribution < 1.29 is 19.4 Å².